The van der Waals surface area contributed by atoms with Crippen molar-refractivity contribution in [3.63, 3.8) is 0 Å². The minimum absolute atomic E-state index is 0.172. The zero-order valence-electron chi connectivity index (χ0n) is 18.8. The Labute approximate surface area is 206 Å². The van der Waals surface area contributed by atoms with Crippen LogP contribution in [0.1, 0.15) is 42.9 Å². The number of hydrogen-bond acceptors (Lipinski definition) is 3. The fourth-order valence-corrected chi connectivity index (χ4v) is 4.30. The van der Waals surface area contributed by atoms with Crippen LogP contribution in [0.3, 0.4) is 0 Å². The van der Waals surface area contributed by atoms with Crippen LogP contribution in [0.5, 0.6) is 0 Å². The number of aromatic nitrogens is 2. The molecule has 1 saturated carbocycles. The van der Waals surface area contributed by atoms with E-state index >= 15 is 0 Å². The number of carbonyl (C=O) groups excluding carboxylic acids is 1. The third kappa shape index (κ3) is 4.91. The maximum atomic E-state index is 14.7. The van der Waals surface area contributed by atoms with Crippen molar-refractivity contribution >= 4 is 23.5 Å². The zero-order chi connectivity index (χ0) is 24.5. The molecule has 1 N–H and O–H groups in total. The Hall–Kier alpha value is -3.71. The normalized spacial score (nSPS) is 13.9. The van der Waals surface area contributed by atoms with Crippen molar-refractivity contribution in [1.82, 2.24) is 9.78 Å². The van der Waals surface area contributed by atoms with Gasteiger partial charge in [0.05, 0.1) is 11.9 Å². The van der Waals surface area contributed by atoms with E-state index in [0.717, 1.165) is 24.6 Å². The highest BCUT2D eigenvalue weighted by Gasteiger charge is 2.24. The molecule has 1 atom stereocenters. The van der Waals surface area contributed by atoms with Gasteiger partial charge in [-0.25, -0.2) is 18.3 Å². The van der Waals surface area contributed by atoms with Crippen LogP contribution < -0.4 is 5.32 Å². The van der Waals surface area contributed by atoms with E-state index in [0.29, 0.717) is 33.3 Å². The van der Waals surface area contributed by atoms with Crippen LogP contribution in [-0.4, -0.2) is 15.9 Å². The predicted octanol–water partition coefficient (Wildman–Crippen LogP) is 7.66. The van der Waals surface area contributed by atoms with Crippen molar-refractivity contribution < 1.29 is 18.3 Å². The van der Waals surface area contributed by atoms with E-state index < -0.39 is 18.0 Å². The molecule has 1 heterocycles. The van der Waals surface area contributed by atoms with Gasteiger partial charge in [0.2, 0.25) is 0 Å². The van der Waals surface area contributed by atoms with E-state index in [-0.39, 0.29) is 11.6 Å². The molecule has 8 heteroatoms. The molecule has 178 valence electrons. The van der Waals surface area contributed by atoms with Gasteiger partial charge < -0.3 is 4.74 Å². The van der Waals surface area contributed by atoms with Crippen LogP contribution in [0, 0.1) is 11.6 Å². The Balaban J connectivity index is 1.33. The first-order chi connectivity index (χ1) is 16.9. The number of hydrogen-bond donors (Lipinski definition) is 1. The molecule has 0 saturated heterocycles. The number of anilines is 1. The van der Waals surface area contributed by atoms with E-state index in [1.807, 2.05) is 6.07 Å². The fraction of sp³-hybridized carbons (Fsp3) is 0.185. The molecule has 0 bridgehead atoms. The van der Waals surface area contributed by atoms with Crippen LogP contribution in [0.15, 0.2) is 72.9 Å². The van der Waals surface area contributed by atoms with Gasteiger partial charge in [0.15, 0.2) is 11.6 Å². The van der Waals surface area contributed by atoms with Gasteiger partial charge in [-0.1, -0.05) is 54.1 Å². The summed E-state index contributed by atoms with van der Waals surface area (Å²) in [5.41, 5.74) is 3.32. The molecule has 35 heavy (non-hydrogen) atoms. The van der Waals surface area contributed by atoms with Crippen molar-refractivity contribution in [1.29, 1.82) is 0 Å². The lowest BCUT2D eigenvalue weighted by Crippen LogP contribution is -2.19. The van der Waals surface area contributed by atoms with E-state index in [1.54, 1.807) is 67.6 Å². The quantitative estimate of drug-likeness (QED) is 0.300. The molecular formula is C27H22ClF2N3O2. The van der Waals surface area contributed by atoms with Gasteiger partial charge in [0.1, 0.15) is 11.9 Å². The number of rotatable bonds is 6. The first-order valence-corrected chi connectivity index (χ1v) is 11.6. The van der Waals surface area contributed by atoms with Crippen LogP contribution in [-0.2, 0) is 4.74 Å². The number of carbonyl (C=O) groups is 1. The second-order valence-corrected chi connectivity index (χ2v) is 8.91. The second-order valence-electron chi connectivity index (χ2n) is 8.51. The van der Waals surface area contributed by atoms with Crippen LogP contribution in [0.2, 0.25) is 5.02 Å². The lowest BCUT2D eigenvalue weighted by atomic mass is 10.0. The lowest BCUT2D eigenvalue weighted by Gasteiger charge is -2.16. The summed E-state index contributed by atoms with van der Waals surface area (Å²) in [6, 6.07) is 19.2. The van der Waals surface area contributed by atoms with Gasteiger partial charge in [0, 0.05) is 16.1 Å². The monoisotopic (exact) mass is 493 g/mol. The second kappa shape index (κ2) is 9.50. The van der Waals surface area contributed by atoms with Crippen molar-refractivity contribution in [3.8, 4) is 16.8 Å². The van der Waals surface area contributed by atoms with E-state index in [1.165, 1.54) is 4.68 Å². The number of nitrogens with zero attached hydrogens (tertiary/aromatic N) is 2. The Bertz CT molecular complexity index is 1380. The van der Waals surface area contributed by atoms with Crippen LogP contribution >= 0.6 is 11.6 Å². The molecule has 4 aromatic rings. The van der Waals surface area contributed by atoms with Gasteiger partial charge in [0.25, 0.3) is 0 Å². The highest BCUT2D eigenvalue weighted by Crippen LogP contribution is 2.41. The fourth-order valence-electron chi connectivity index (χ4n) is 4.01. The topological polar surface area (TPSA) is 56.1 Å². The first-order valence-electron chi connectivity index (χ1n) is 11.3. The third-order valence-corrected chi connectivity index (χ3v) is 6.38. The average molecular weight is 494 g/mol. The van der Waals surface area contributed by atoms with Crippen LogP contribution in [0.25, 0.3) is 16.8 Å². The van der Waals surface area contributed by atoms with Crippen molar-refractivity contribution in [2.75, 3.05) is 5.32 Å². The number of amides is 1. The SMILES string of the molecule is C[C@@H](OC(=O)Nc1c(F)cnn1-c1ccc(-c2ccc(C3CC3)cc2F)cc1)c1ccccc1Cl. The molecule has 0 aliphatic heterocycles. The van der Waals surface area contributed by atoms with Gasteiger partial charge in [-0.15, -0.1) is 0 Å². The molecule has 1 aliphatic carbocycles. The molecule has 1 aliphatic rings. The highest BCUT2D eigenvalue weighted by atomic mass is 35.5. The van der Waals surface area contributed by atoms with Crippen LogP contribution in [0.4, 0.5) is 19.4 Å². The highest BCUT2D eigenvalue weighted by molar-refractivity contribution is 6.31. The predicted molar refractivity (Wildman–Crippen MR) is 131 cm³/mol. The van der Waals surface area contributed by atoms with E-state index in [9.17, 15) is 13.6 Å². The Morgan fingerprint density at radius 2 is 1.83 bits per heavy atom. The van der Waals surface area contributed by atoms with Gasteiger partial charge in [-0.05, 0) is 61.1 Å². The summed E-state index contributed by atoms with van der Waals surface area (Å²) in [5.74, 6) is -0.696. The summed E-state index contributed by atoms with van der Waals surface area (Å²) in [6.07, 6.45) is 1.71. The summed E-state index contributed by atoms with van der Waals surface area (Å²) in [6.45, 7) is 1.67. The summed E-state index contributed by atoms with van der Waals surface area (Å²) >= 11 is 6.16. The Morgan fingerprint density at radius 3 is 2.51 bits per heavy atom. The maximum Gasteiger partial charge on any atom is 0.413 e. The van der Waals surface area contributed by atoms with Crippen molar-refractivity contribution in [2.45, 2.75) is 31.8 Å². The summed E-state index contributed by atoms with van der Waals surface area (Å²) in [7, 11) is 0. The standard InChI is InChI=1S/C27H22ClF2N3O2/c1-16(21-4-2-3-5-23(21)28)35-27(34)32-26-25(30)15-31-33(26)20-11-8-18(9-12-20)22-13-10-19(14-24(22)29)17-6-7-17/h2-5,8-17H,6-7H2,1H3,(H,32,34)/t16-/m1/s1. The number of halogens is 3. The van der Waals surface area contributed by atoms with Crippen molar-refractivity contribution in [3.05, 3.63) is 101 Å². The van der Waals surface area contributed by atoms with Gasteiger partial charge in [-0.2, -0.15) is 5.10 Å². The number of ether oxygens (including phenoxy) is 1. The lowest BCUT2D eigenvalue weighted by molar-refractivity contribution is 0.121. The van der Waals surface area contributed by atoms with Gasteiger partial charge in [-0.3, -0.25) is 5.32 Å². The molecule has 1 amide bonds. The minimum atomic E-state index is -0.854. The Morgan fingerprint density at radius 1 is 1.09 bits per heavy atom. The molecule has 3 aromatic carbocycles. The molecule has 5 rings (SSSR count). The summed E-state index contributed by atoms with van der Waals surface area (Å²) < 4.78 is 35.8. The summed E-state index contributed by atoms with van der Waals surface area (Å²) in [5, 5.41) is 6.90. The molecule has 1 fully saturated rings. The third-order valence-electron chi connectivity index (χ3n) is 6.04. The maximum absolute atomic E-state index is 14.7. The average Bonchev–Trinajstić information content (AvgIpc) is 3.64. The van der Waals surface area contributed by atoms with Gasteiger partial charge >= 0.3 is 6.09 Å². The number of nitrogens with one attached hydrogen (secondary N) is 1. The van der Waals surface area contributed by atoms with Crippen molar-refractivity contribution in [2.24, 2.45) is 0 Å². The zero-order valence-corrected chi connectivity index (χ0v) is 19.6. The Kier molecular flexibility index (Phi) is 6.26. The molecule has 0 radical (unpaired) electrons. The molecule has 5 nitrogen and oxygen atoms in total. The smallest absolute Gasteiger partial charge is 0.413 e. The number of benzene rings is 3. The molecule has 1 aromatic heterocycles. The largest absolute Gasteiger partial charge is 0.441 e. The van der Waals surface area contributed by atoms with E-state index in [4.69, 9.17) is 16.3 Å². The molecular weight excluding hydrogens is 472 g/mol. The first kappa shape index (κ1) is 23.1. The summed E-state index contributed by atoms with van der Waals surface area (Å²) in [4.78, 5) is 12.5. The molecule has 0 unspecified atom stereocenters. The minimum Gasteiger partial charge on any atom is -0.441 e. The van der Waals surface area contributed by atoms with E-state index in [2.05, 4.69) is 10.4 Å². The molecule has 0 spiro atoms.